The van der Waals surface area contributed by atoms with E-state index in [2.05, 4.69) is 18.2 Å². The van der Waals surface area contributed by atoms with E-state index in [0.717, 1.165) is 43.7 Å². The summed E-state index contributed by atoms with van der Waals surface area (Å²) in [4.78, 5) is 14.6. The van der Waals surface area contributed by atoms with Gasteiger partial charge in [0.15, 0.2) is 5.76 Å². The number of methoxy groups -OCH3 is 1. The topological polar surface area (TPSA) is 42.7 Å². The number of hydrogen-bond acceptors (Lipinski definition) is 3. The summed E-state index contributed by atoms with van der Waals surface area (Å²) in [5, 5.41) is 0. The van der Waals surface area contributed by atoms with Crippen LogP contribution < -0.4 is 4.74 Å². The van der Waals surface area contributed by atoms with E-state index in [1.807, 2.05) is 17.9 Å². The van der Waals surface area contributed by atoms with Crippen molar-refractivity contribution in [3.63, 3.8) is 0 Å². The number of ether oxygens (including phenoxy) is 1. The Bertz CT molecular complexity index is 771. The SMILES string of the molecule is COc1ccc2c(c1)C(C1CCN(C(=O)c3occc3C)CC1)CC2. The minimum atomic E-state index is 0.0365. The predicted octanol–water partition coefficient (Wildman–Crippen LogP) is 4.18. The molecular formula is C21H25NO3. The van der Waals surface area contributed by atoms with Crippen LogP contribution in [0.5, 0.6) is 5.75 Å². The Morgan fingerprint density at radius 3 is 2.68 bits per heavy atom. The molecule has 4 heteroatoms. The summed E-state index contributed by atoms with van der Waals surface area (Å²) in [5.74, 6) is 2.73. The van der Waals surface area contributed by atoms with Crippen LogP contribution in [0.15, 0.2) is 34.9 Å². The summed E-state index contributed by atoms with van der Waals surface area (Å²) in [6.07, 6.45) is 6.10. The molecule has 1 aromatic heterocycles. The van der Waals surface area contributed by atoms with Crippen molar-refractivity contribution in [2.75, 3.05) is 20.2 Å². The molecule has 1 atom stereocenters. The predicted molar refractivity (Wildman–Crippen MR) is 96.1 cm³/mol. The van der Waals surface area contributed by atoms with Gasteiger partial charge >= 0.3 is 0 Å². The Kier molecular flexibility index (Phi) is 4.28. The number of likely N-dealkylation sites (tertiary alicyclic amines) is 1. The largest absolute Gasteiger partial charge is 0.497 e. The highest BCUT2D eigenvalue weighted by Gasteiger charge is 2.34. The van der Waals surface area contributed by atoms with Crippen molar-refractivity contribution >= 4 is 5.91 Å². The van der Waals surface area contributed by atoms with Gasteiger partial charge in [0.2, 0.25) is 0 Å². The molecule has 4 rings (SSSR count). The van der Waals surface area contributed by atoms with E-state index in [-0.39, 0.29) is 5.91 Å². The lowest BCUT2D eigenvalue weighted by atomic mass is 9.81. The van der Waals surface area contributed by atoms with E-state index in [4.69, 9.17) is 9.15 Å². The highest BCUT2D eigenvalue weighted by molar-refractivity contribution is 5.92. The lowest BCUT2D eigenvalue weighted by molar-refractivity contribution is 0.0644. The van der Waals surface area contributed by atoms with Crippen LogP contribution in [0, 0.1) is 12.8 Å². The van der Waals surface area contributed by atoms with E-state index < -0.39 is 0 Å². The van der Waals surface area contributed by atoms with Crippen LogP contribution in [-0.4, -0.2) is 31.0 Å². The minimum absolute atomic E-state index is 0.0365. The quantitative estimate of drug-likeness (QED) is 0.842. The number of rotatable bonds is 3. The lowest BCUT2D eigenvalue weighted by Crippen LogP contribution is -2.39. The molecule has 1 aliphatic heterocycles. The van der Waals surface area contributed by atoms with E-state index in [1.165, 1.54) is 17.5 Å². The number of furan rings is 1. The van der Waals surface area contributed by atoms with Crippen LogP contribution in [0.1, 0.15) is 52.4 Å². The monoisotopic (exact) mass is 339 g/mol. The molecule has 0 N–H and O–H groups in total. The van der Waals surface area contributed by atoms with Crippen LogP contribution in [0.3, 0.4) is 0 Å². The number of carbonyl (C=O) groups excluding carboxylic acids is 1. The van der Waals surface area contributed by atoms with Crippen molar-refractivity contribution in [1.29, 1.82) is 0 Å². The zero-order valence-corrected chi connectivity index (χ0v) is 15.0. The first-order valence-corrected chi connectivity index (χ1v) is 9.17. The highest BCUT2D eigenvalue weighted by Crippen LogP contribution is 2.43. The molecule has 4 nitrogen and oxygen atoms in total. The van der Waals surface area contributed by atoms with Gasteiger partial charge in [-0.15, -0.1) is 0 Å². The van der Waals surface area contributed by atoms with Gasteiger partial charge in [-0.2, -0.15) is 0 Å². The van der Waals surface area contributed by atoms with Gasteiger partial charge < -0.3 is 14.1 Å². The molecule has 1 amide bonds. The molecule has 1 aromatic carbocycles. The Labute approximate surface area is 148 Å². The normalized spacial score (nSPS) is 20.6. The van der Waals surface area contributed by atoms with Gasteiger partial charge in [-0.3, -0.25) is 4.79 Å². The Hall–Kier alpha value is -2.23. The second kappa shape index (κ2) is 6.58. The Balaban J connectivity index is 1.44. The third-order valence-electron chi connectivity index (χ3n) is 5.93. The molecule has 1 fully saturated rings. The number of benzene rings is 1. The van der Waals surface area contributed by atoms with Crippen LogP contribution in [0.2, 0.25) is 0 Å². The molecule has 25 heavy (non-hydrogen) atoms. The molecule has 2 aliphatic rings. The van der Waals surface area contributed by atoms with Crippen molar-refractivity contribution < 1.29 is 13.9 Å². The molecule has 2 aromatic rings. The third-order valence-corrected chi connectivity index (χ3v) is 5.93. The molecule has 0 radical (unpaired) electrons. The molecule has 0 saturated carbocycles. The van der Waals surface area contributed by atoms with Gasteiger partial charge in [0.1, 0.15) is 5.75 Å². The van der Waals surface area contributed by atoms with E-state index in [1.54, 1.807) is 13.4 Å². The van der Waals surface area contributed by atoms with Crippen LogP contribution >= 0.6 is 0 Å². The minimum Gasteiger partial charge on any atom is -0.497 e. The summed E-state index contributed by atoms with van der Waals surface area (Å²) in [6.45, 7) is 3.56. The van der Waals surface area contributed by atoms with Crippen molar-refractivity contribution in [3.8, 4) is 5.75 Å². The van der Waals surface area contributed by atoms with Crippen molar-refractivity contribution in [1.82, 2.24) is 4.90 Å². The Morgan fingerprint density at radius 1 is 1.20 bits per heavy atom. The van der Waals surface area contributed by atoms with Crippen LogP contribution in [0.4, 0.5) is 0 Å². The van der Waals surface area contributed by atoms with Crippen LogP contribution in [-0.2, 0) is 6.42 Å². The van der Waals surface area contributed by atoms with Crippen LogP contribution in [0.25, 0.3) is 0 Å². The van der Waals surface area contributed by atoms with Gasteiger partial charge in [0, 0.05) is 18.7 Å². The molecule has 2 heterocycles. The summed E-state index contributed by atoms with van der Waals surface area (Å²) < 4.78 is 10.8. The van der Waals surface area contributed by atoms with E-state index >= 15 is 0 Å². The zero-order chi connectivity index (χ0) is 17.4. The summed E-state index contributed by atoms with van der Waals surface area (Å²) >= 11 is 0. The number of piperidine rings is 1. The van der Waals surface area contributed by atoms with Gasteiger partial charge in [0.25, 0.3) is 5.91 Å². The fraction of sp³-hybridized carbons (Fsp3) is 0.476. The smallest absolute Gasteiger partial charge is 0.289 e. The molecule has 132 valence electrons. The van der Waals surface area contributed by atoms with Crippen molar-refractivity contribution in [2.45, 2.75) is 38.5 Å². The summed E-state index contributed by atoms with van der Waals surface area (Å²) in [5.41, 5.74) is 3.85. The molecule has 1 saturated heterocycles. The average molecular weight is 339 g/mol. The number of nitrogens with zero attached hydrogens (tertiary/aromatic N) is 1. The zero-order valence-electron chi connectivity index (χ0n) is 15.0. The van der Waals surface area contributed by atoms with E-state index in [0.29, 0.717) is 17.6 Å². The third kappa shape index (κ3) is 2.94. The molecule has 1 unspecified atom stereocenters. The fourth-order valence-electron chi connectivity index (χ4n) is 4.47. The second-order valence-corrected chi connectivity index (χ2v) is 7.27. The molecular weight excluding hydrogens is 314 g/mol. The van der Waals surface area contributed by atoms with Gasteiger partial charge in [0.05, 0.1) is 13.4 Å². The van der Waals surface area contributed by atoms with Crippen molar-refractivity contribution in [2.24, 2.45) is 5.92 Å². The number of carbonyl (C=O) groups is 1. The first kappa shape index (κ1) is 16.2. The maximum absolute atomic E-state index is 12.6. The number of fused-ring (bicyclic) bond motifs is 1. The average Bonchev–Trinajstić information content (AvgIpc) is 3.26. The van der Waals surface area contributed by atoms with Gasteiger partial charge in [-0.05, 0) is 73.8 Å². The van der Waals surface area contributed by atoms with Gasteiger partial charge in [-0.1, -0.05) is 6.07 Å². The summed E-state index contributed by atoms with van der Waals surface area (Å²) in [7, 11) is 1.73. The summed E-state index contributed by atoms with van der Waals surface area (Å²) in [6, 6.07) is 8.35. The number of hydrogen-bond donors (Lipinski definition) is 0. The highest BCUT2D eigenvalue weighted by atomic mass is 16.5. The van der Waals surface area contributed by atoms with E-state index in [9.17, 15) is 4.79 Å². The number of aryl methyl sites for hydroxylation is 2. The maximum atomic E-state index is 12.6. The Morgan fingerprint density at radius 2 is 2.00 bits per heavy atom. The molecule has 0 bridgehead atoms. The molecule has 1 aliphatic carbocycles. The fourth-order valence-corrected chi connectivity index (χ4v) is 4.47. The number of amides is 1. The first-order chi connectivity index (χ1) is 12.2. The molecule has 0 spiro atoms. The second-order valence-electron chi connectivity index (χ2n) is 7.27. The standard InChI is InChI=1S/C21H25NO3/c1-14-9-12-25-20(14)21(23)22-10-7-16(8-11-22)18-6-4-15-3-5-17(24-2)13-19(15)18/h3,5,9,12-13,16,18H,4,6-8,10-11H2,1-2H3. The lowest BCUT2D eigenvalue weighted by Gasteiger charge is -2.35. The maximum Gasteiger partial charge on any atom is 0.289 e. The van der Waals surface area contributed by atoms with Gasteiger partial charge in [-0.25, -0.2) is 0 Å². The first-order valence-electron chi connectivity index (χ1n) is 9.17. The van der Waals surface area contributed by atoms with Crippen molar-refractivity contribution in [3.05, 3.63) is 53.0 Å².